The van der Waals surface area contributed by atoms with Gasteiger partial charge in [-0.05, 0) is 56.6 Å². The Morgan fingerprint density at radius 1 is 1.17 bits per heavy atom. The second kappa shape index (κ2) is 7.83. The van der Waals surface area contributed by atoms with Gasteiger partial charge in [0, 0.05) is 12.2 Å². The van der Waals surface area contributed by atoms with Crippen LogP contribution in [0.15, 0.2) is 47.4 Å². The van der Waals surface area contributed by atoms with Crippen LogP contribution in [0.2, 0.25) is 5.02 Å². The highest BCUT2D eigenvalue weighted by Gasteiger charge is 2.16. The van der Waals surface area contributed by atoms with Crippen molar-refractivity contribution in [1.29, 1.82) is 0 Å². The van der Waals surface area contributed by atoms with Gasteiger partial charge in [-0.15, -0.1) is 0 Å². The Morgan fingerprint density at radius 2 is 1.83 bits per heavy atom. The van der Waals surface area contributed by atoms with Crippen LogP contribution in [0, 0.1) is 5.82 Å². The zero-order chi connectivity index (χ0) is 17.7. The Bertz CT molecular complexity index is 795. The molecule has 0 aliphatic carbocycles. The maximum atomic E-state index is 13.1. The van der Waals surface area contributed by atoms with Gasteiger partial charge in [0.25, 0.3) is 10.0 Å². The first-order chi connectivity index (χ1) is 11.3. The zero-order valence-corrected chi connectivity index (χ0v) is 14.9. The van der Waals surface area contributed by atoms with E-state index in [1.165, 1.54) is 0 Å². The molecular formula is C16H18ClFN2O3S. The molecule has 0 aromatic heterocycles. The molecule has 0 saturated heterocycles. The number of likely N-dealkylation sites (N-methyl/N-ethyl adjacent to an activating group) is 1. The van der Waals surface area contributed by atoms with E-state index in [2.05, 4.69) is 4.72 Å². The lowest BCUT2D eigenvalue weighted by molar-refractivity contribution is 0.261. The monoisotopic (exact) mass is 372 g/mol. The molecule has 0 fully saturated rings. The lowest BCUT2D eigenvalue weighted by Crippen LogP contribution is -2.19. The summed E-state index contributed by atoms with van der Waals surface area (Å²) in [5.74, 6) is -0.0283. The summed E-state index contributed by atoms with van der Waals surface area (Å²) in [6, 6.07) is 9.76. The third-order valence-corrected chi connectivity index (χ3v) is 4.78. The molecule has 8 heteroatoms. The van der Waals surface area contributed by atoms with Gasteiger partial charge in [0.2, 0.25) is 0 Å². The number of sulfonamides is 1. The van der Waals surface area contributed by atoms with Gasteiger partial charge in [-0.3, -0.25) is 4.72 Å². The fourth-order valence-electron chi connectivity index (χ4n) is 1.82. The fraction of sp³-hybridized carbons (Fsp3) is 0.250. The molecule has 0 atom stereocenters. The SMILES string of the molecule is CN(C)CCOc1ccc(NS(=O)(=O)c2ccc(F)c(Cl)c2)cc1. The highest BCUT2D eigenvalue weighted by atomic mass is 35.5. The number of hydrogen-bond acceptors (Lipinski definition) is 4. The average molecular weight is 373 g/mol. The van der Waals surface area contributed by atoms with Crippen LogP contribution in [-0.2, 0) is 10.0 Å². The van der Waals surface area contributed by atoms with Crippen LogP contribution in [0.3, 0.4) is 0 Å². The van der Waals surface area contributed by atoms with Crippen LogP contribution < -0.4 is 9.46 Å². The minimum absolute atomic E-state index is 0.111. The summed E-state index contributed by atoms with van der Waals surface area (Å²) in [4.78, 5) is 1.89. The van der Waals surface area contributed by atoms with E-state index in [4.69, 9.17) is 16.3 Å². The van der Waals surface area contributed by atoms with Gasteiger partial charge >= 0.3 is 0 Å². The summed E-state index contributed by atoms with van der Waals surface area (Å²) in [6.07, 6.45) is 0. The van der Waals surface area contributed by atoms with E-state index in [0.717, 1.165) is 24.7 Å². The largest absolute Gasteiger partial charge is 0.492 e. The van der Waals surface area contributed by atoms with Crippen molar-refractivity contribution in [3.8, 4) is 5.75 Å². The van der Waals surface area contributed by atoms with Gasteiger partial charge in [-0.25, -0.2) is 12.8 Å². The smallest absolute Gasteiger partial charge is 0.261 e. The minimum atomic E-state index is -3.84. The van der Waals surface area contributed by atoms with Gasteiger partial charge in [-0.2, -0.15) is 0 Å². The molecular weight excluding hydrogens is 355 g/mol. The maximum Gasteiger partial charge on any atom is 0.261 e. The van der Waals surface area contributed by atoms with Crippen molar-refractivity contribution in [2.45, 2.75) is 4.90 Å². The summed E-state index contributed by atoms with van der Waals surface area (Å²) < 4.78 is 45.6. The molecule has 0 amide bonds. The molecule has 0 unspecified atom stereocenters. The van der Waals surface area contributed by atoms with Gasteiger partial charge < -0.3 is 9.64 Å². The van der Waals surface area contributed by atoms with Gasteiger partial charge in [0.15, 0.2) is 0 Å². The summed E-state index contributed by atoms with van der Waals surface area (Å²) >= 11 is 5.63. The predicted molar refractivity (Wildman–Crippen MR) is 92.7 cm³/mol. The zero-order valence-electron chi connectivity index (χ0n) is 13.3. The molecule has 130 valence electrons. The van der Waals surface area contributed by atoms with Crippen LogP contribution in [0.25, 0.3) is 0 Å². The Labute approximate surface area is 146 Å². The normalized spacial score (nSPS) is 11.5. The van der Waals surface area contributed by atoms with Crippen molar-refractivity contribution < 1.29 is 17.5 Å². The highest BCUT2D eigenvalue weighted by molar-refractivity contribution is 7.92. The molecule has 5 nitrogen and oxygen atoms in total. The van der Waals surface area contributed by atoms with E-state index in [-0.39, 0.29) is 9.92 Å². The van der Waals surface area contributed by atoms with E-state index >= 15 is 0 Å². The van der Waals surface area contributed by atoms with Crippen LogP contribution in [-0.4, -0.2) is 40.6 Å². The number of anilines is 1. The van der Waals surface area contributed by atoms with Crippen molar-refractivity contribution in [2.75, 3.05) is 32.0 Å². The lowest BCUT2D eigenvalue weighted by atomic mass is 10.3. The first kappa shape index (κ1) is 18.5. The van der Waals surface area contributed by atoms with E-state index in [0.29, 0.717) is 18.0 Å². The van der Waals surface area contributed by atoms with Crippen molar-refractivity contribution >= 4 is 27.3 Å². The molecule has 0 aliphatic rings. The molecule has 0 aliphatic heterocycles. The Balaban J connectivity index is 2.05. The van der Waals surface area contributed by atoms with Crippen molar-refractivity contribution in [1.82, 2.24) is 4.90 Å². The molecule has 2 aromatic rings. The first-order valence-corrected chi connectivity index (χ1v) is 8.99. The first-order valence-electron chi connectivity index (χ1n) is 7.13. The third-order valence-electron chi connectivity index (χ3n) is 3.12. The molecule has 0 saturated carbocycles. The number of nitrogens with one attached hydrogen (secondary N) is 1. The molecule has 2 rings (SSSR count). The van der Waals surface area contributed by atoms with Gasteiger partial charge in [-0.1, -0.05) is 11.6 Å². The minimum Gasteiger partial charge on any atom is -0.492 e. The number of rotatable bonds is 7. The maximum absolute atomic E-state index is 13.1. The predicted octanol–water partition coefficient (Wildman–Crippen LogP) is 3.22. The topological polar surface area (TPSA) is 58.6 Å². The van der Waals surface area contributed by atoms with E-state index in [1.807, 2.05) is 19.0 Å². The molecule has 0 heterocycles. The number of hydrogen-bond donors (Lipinski definition) is 1. The molecule has 0 bridgehead atoms. The molecule has 0 radical (unpaired) electrons. The summed E-state index contributed by atoms with van der Waals surface area (Å²) in [5.41, 5.74) is 0.371. The van der Waals surface area contributed by atoms with Crippen molar-refractivity contribution in [3.63, 3.8) is 0 Å². The van der Waals surface area contributed by atoms with Crippen LogP contribution in [0.1, 0.15) is 0 Å². The summed E-state index contributed by atoms with van der Waals surface area (Å²) in [6.45, 7) is 1.31. The second-order valence-corrected chi connectivity index (χ2v) is 7.45. The van der Waals surface area contributed by atoms with E-state index in [1.54, 1.807) is 24.3 Å². The molecule has 1 N–H and O–H groups in total. The van der Waals surface area contributed by atoms with Crippen LogP contribution in [0.4, 0.5) is 10.1 Å². The van der Waals surface area contributed by atoms with Crippen molar-refractivity contribution in [2.24, 2.45) is 0 Å². The quantitative estimate of drug-likeness (QED) is 0.810. The molecule has 24 heavy (non-hydrogen) atoms. The van der Waals surface area contributed by atoms with Gasteiger partial charge in [0.1, 0.15) is 18.2 Å². The third kappa shape index (κ3) is 5.09. The molecule has 0 spiro atoms. The average Bonchev–Trinajstić information content (AvgIpc) is 2.51. The van der Waals surface area contributed by atoms with Crippen molar-refractivity contribution in [3.05, 3.63) is 53.3 Å². The molecule has 2 aromatic carbocycles. The standard InChI is InChI=1S/C16H18ClFN2O3S/c1-20(2)9-10-23-13-5-3-12(4-6-13)19-24(21,22)14-7-8-16(18)15(17)11-14/h3-8,11,19H,9-10H2,1-2H3. The lowest BCUT2D eigenvalue weighted by Gasteiger charge is -2.12. The van der Waals surface area contributed by atoms with E-state index in [9.17, 15) is 12.8 Å². The second-order valence-electron chi connectivity index (χ2n) is 5.36. The van der Waals surface area contributed by atoms with E-state index < -0.39 is 15.8 Å². The highest BCUT2D eigenvalue weighted by Crippen LogP contribution is 2.23. The Hall–Kier alpha value is -1.83. The Morgan fingerprint density at radius 3 is 2.42 bits per heavy atom. The number of benzene rings is 2. The van der Waals surface area contributed by atoms with Crippen LogP contribution >= 0.6 is 11.6 Å². The number of nitrogens with zero attached hydrogens (tertiary/aromatic N) is 1. The summed E-state index contributed by atoms with van der Waals surface area (Å²) in [5, 5.41) is -0.248. The Kier molecular flexibility index (Phi) is 6.04. The van der Waals surface area contributed by atoms with Gasteiger partial charge in [0.05, 0.1) is 9.92 Å². The fourth-order valence-corrected chi connectivity index (χ4v) is 3.15. The number of halogens is 2. The summed E-state index contributed by atoms with van der Waals surface area (Å²) in [7, 11) is 0.0525. The van der Waals surface area contributed by atoms with Crippen LogP contribution in [0.5, 0.6) is 5.75 Å². The number of ether oxygens (including phenoxy) is 1.